The maximum Gasteiger partial charge on any atom is 0.220 e. The molecule has 0 aliphatic carbocycles. The van der Waals surface area contributed by atoms with Crippen LogP contribution in [-0.2, 0) is 33.2 Å². The van der Waals surface area contributed by atoms with Gasteiger partial charge in [-0.15, -0.1) is 0 Å². The zero-order chi connectivity index (χ0) is 63.3. The van der Waals surface area contributed by atoms with Crippen molar-refractivity contribution in [3.8, 4) is 0 Å². The minimum atomic E-state index is -1.98. The standard InChI is InChI=1S/C68H121NO18/c1-3-5-7-9-11-13-15-17-19-21-23-24-25-26-28-30-32-34-36-38-40-42-44-46-56(74)69-51(52(73)45-43-41-39-37-35-33-31-29-27-22-20-18-16-14-12-10-8-6-4-2)50-82-66-62(80)59(77)64(54(48-71)84-66)87-68-63(81)60(78)65(55(49-72)85-68)86-67-61(79)58(76)57(75)53(47-70)83-67/h15,17,21,23,25-26,35,37,43,45,51-55,57-68,70-73,75-81H,3-14,16,18-20,22,24,27-34,36,38-42,44,46-50H2,1-2H3,(H,69,74)/b17-15-,23-21-,26-25-,37-35+,45-43+. The van der Waals surface area contributed by atoms with Crippen molar-refractivity contribution in [3.63, 3.8) is 0 Å². The minimum Gasteiger partial charge on any atom is -0.394 e. The van der Waals surface area contributed by atoms with Crippen LogP contribution in [0.15, 0.2) is 60.8 Å². The maximum absolute atomic E-state index is 13.4. The van der Waals surface area contributed by atoms with E-state index in [0.717, 1.165) is 64.2 Å². The van der Waals surface area contributed by atoms with Crippen LogP contribution in [0.2, 0.25) is 0 Å². The monoisotopic (exact) mass is 1240 g/mol. The average molecular weight is 1240 g/mol. The van der Waals surface area contributed by atoms with Gasteiger partial charge in [-0.25, -0.2) is 0 Å². The first-order valence-electron chi connectivity index (χ1n) is 34.0. The fourth-order valence-corrected chi connectivity index (χ4v) is 11.2. The number of nitrogens with one attached hydrogen (secondary N) is 1. The number of aliphatic hydroxyl groups excluding tert-OH is 11. The van der Waals surface area contributed by atoms with Crippen molar-refractivity contribution in [1.29, 1.82) is 0 Å². The van der Waals surface area contributed by atoms with Crippen LogP contribution < -0.4 is 5.32 Å². The van der Waals surface area contributed by atoms with Crippen LogP contribution in [0, 0.1) is 0 Å². The highest BCUT2D eigenvalue weighted by Crippen LogP contribution is 2.33. The molecule has 3 aliphatic heterocycles. The van der Waals surface area contributed by atoms with Gasteiger partial charge < -0.3 is 89.9 Å². The number of hydrogen-bond acceptors (Lipinski definition) is 18. The van der Waals surface area contributed by atoms with Gasteiger partial charge in [0.15, 0.2) is 18.9 Å². The van der Waals surface area contributed by atoms with Crippen LogP contribution in [-0.4, -0.2) is 193 Å². The normalized spacial score (nSPS) is 29.0. The molecule has 3 rings (SSSR count). The number of amides is 1. The second-order valence-corrected chi connectivity index (χ2v) is 24.3. The maximum atomic E-state index is 13.4. The van der Waals surface area contributed by atoms with E-state index in [2.05, 4.69) is 67.8 Å². The van der Waals surface area contributed by atoms with E-state index in [1.165, 1.54) is 135 Å². The first-order chi connectivity index (χ1) is 42.3. The molecule has 0 aromatic rings. The van der Waals surface area contributed by atoms with Crippen molar-refractivity contribution >= 4 is 5.91 Å². The largest absolute Gasteiger partial charge is 0.394 e. The van der Waals surface area contributed by atoms with Gasteiger partial charge in [0.1, 0.15) is 73.2 Å². The number of hydrogen-bond donors (Lipinski definition) is 12. The molecule has 0 bridgehead atoms. The van der Waals surface area contributed by atoms with Gasteiger partial charge in [0.2, 0.25) is 5.91 Å². The third-order valence-corrected chi connectivity index (χ3v) is 16.8. The molecule has 3 saturated heterocycles. The van der Waals surface area contributed by atoms with Gasteiger partial charge in [-0.3, -0.25) is 4.79 Å². The number of aliphatic hydroxyl groups is 11. The second-order valence-electron chi connectivity index (χ2n) is 24.3. The summed E-state index contributed by atoms with van der Waals surface area (Å²) >= 11 is 0. The number of rotatable bonds is 51. The molecule has 12 N–H and O–H groups in total. The van der Waals surface area contributed by atoms with Crippen molar-refractivity contribution < 1.29 is 89.4 Å². The lowest BCUT2D eigenvalue weighted by Gasteiger charge is -2.48. The molecule has 3 heterocycles. The summed E-state index contributed by atoms with van der Waals surface area (Å²) in [6, 6.07) is -0.997. The smallest absolute Gasteiger partial charge is 0.220 e. The Morgan fingerprint density at radius 2 is 0.770 bits per heavy atom. The van der Waals surface area contributed by atoms with E-state index < -0.39 is 124 Å². The fraction of sp³-hybridized carbons (Fsp3) is 0.838. The first kappa shape index (κ1) is 78.7. The Morgan fingerprint density at radius 3 is 1.23 bits per heavy atom. The van der Waals surface area contributed by atoms with Crippen LogP contribution in [0.25, 0.3) is 0 Å². The Morgan fingerprint density at radius 1 is 0.414 bits per heavy atom. The van der Waals surface area contributed by atoms with Gasteiger partial charge in [0.25, 0.3) is 0 Å². The number of carbonyl (C=O) groups is 1. The van der Waals surface area contributed by atoms with Crippen LogP contribution in [0.5, 0.6) is 0 Å². The second kappa shape index (κ2) is 50.1. The zero-order valence-corrected chi connectivity index (χ0v) is 53.2. The van der Waals surface area contributed by atoms with E-state index in [9.17, 15) is 61.0 Å². The summed E-state index contributed by atoms with van der Waals surface area (Å²) in [5.74, 6) is -0.293. The number of ether oxygens (including phenoxy) is 6. The Balaban J connectivity index is 1.47. The zero-order valence-electron chi connectivity index (χ0n) is 53.2. The van der Waals surface area contributed by atoms with E-state index >= 15 is 0 Å². The molecule has 506 valence electrons. The average Bonchev–Trinajstić information content (AvgIpc) is 2.58. The van der Waals surface area contributed by atoms with Crippen molar-refractivity contribution in [2.45, 2.75) is 336 Å². The van der Waals surface area contributed by atoms with Gasteiger partial charge >= 0.3 is 0 Å². The molecule has 17 atom stereocenters. The molecule has 19 heteroatoms. The highest BCUT2D eigenvalue weighted by atomic mass is 16.8. The third kappa shape index (κ3) is 32.6. The third-order valence-electron chi connectivity index (χ3n) is 16.8. The van der Waals surface area contributed by atoms with Crippen LogP contribution in [0.4, 0.5) is 0 Å². The first-order valence-corrected chi connectivity index (χ1v) is 34.0. The van der Waals surface area contributed by atoms with E-state index in [1.54, 1.807) is 6.08 Å². The van der Waals surface area contributed by atoms with Gasteiger partial charge in [-0.1, -0.05) is 216 Å². The quantitative estimate of drug-likeness (QED) is 0.0201. The van der Waals surface area contributed by atoms with Crippen molar-refractivity contribution in [1.82, 2.24) is 5.32 Å². The van der Waals surface area contributed by atoms with Gasteiger partial charge in [-0.2, -0.15) is 0 Å². The van der Waals surface area contributed by atoms with Crippen molar-refractivity contribution in [3.05, 3.63) is 60.8 Å². The molecule has 17 unspecified atom stereocenters. The lowest BCUT2D eigenvalue weighted by atomic mass is 9.96. The van der Waals surface area contributed by atoms with Gasteiger partial charge in [0.05, 0.1) is 38.6 Å². The molecule has 0 aromatic heterocycles. The molecule has 3 aliphatic rings. The Labute approximate surface area is 522 Å². The van der Waals surface area contributed by atoms with Gasteiger partial charge in [-0.05, 0) is 70.6 Å². The molecule has 1 amide bonds. The molecule has 0 spiro atoms. The van der Waals surface area contributed by atoms with E-state index in [4.69, 9.17) is 28.4 Å². The molecular weight excluding hydrogens is 1120 g/mol. The summed E-state index contributed by atoms with van der Waals surface area (Å²) in [5.41, 5.74) is 0. The minimum absolute atomic E-state index is 0.225. The van der Waals surface area contributed by atoms with Gasteiger partial charge in [0, 0.05) is 6.42 Å². The summed E-state index contributed by atoms with van der Waals surface area (Å²) in [4.78, 5) is 13.4. The molecule has 3 fully saturated rings. The molecule has 19 nitrogen and oxygen atoms in total. The summed E-state index contributed by atoms with van der Waals surface area (Å²) in [5, 5.41) is 120. The summed E-state index contributed by atoms with van der Waals surface area (Å²) in [7, 11) is 0. The SMILES string of the molecule is CCCCCCC/C=C\C/C=C\C/C=C\CCCCCCCCCCC(=O)NC(COC1OC(CO)C(OC2OC(CO)C(OC3OC(CO)C(O)C(O)C3O)C(O)C2O)C(O)C1O)C(O)/C=C/CC/C=C/CCCCCCCCCCCCCCC. The van der Waals surface area contributed by atoms with E-state index in [-0.39, 0.29) is 18.9 Å². The fourth-order valence-electron chi connectivity index (χ4n) is 11.2. The molecular formula is C68H121NO18. The predicted molar refractivity (Wildman–Crippen MR) is 337 cm³/mol. The summed E-state index contributed by atoms with van der Waals surface area (Å²) in [6.07, 6.45) is 33.3. The highest BCUT2D eigenvalue weighted by molar-refractivity contribution is 5.76. The topological polar surface area (TPSA) is 307 Å². The Bertz CT molecular complexity index is 1820. The van der Waals surface area contributed by atoms with Crippen LogP contribution in [0.1, 0.15) is 232 Å². The Hall–Kier alpha value is -2.51. The lowest BCUT2D eigenvalue weighted by Crippen LogP contribution is -2.66. The number of unbranched alkanes of at least 4 members (excludes halogenated alkanes) is 27. The summed E-state index contributed by atoms with van der Waals surface area (Å²) < 4.78 is 34.3. The molecule has 87 heavy (non-hydrogen) atoms. The summed E-state index contributed by atoms with van der Waals surface area (Å²) in [6.45, 7) is 1.70. The van der Waals surface area contributed by atoms with Crippen LogP contribution >= 0.6 is 0 Å². The molecule has 0 aromatic carbocycles. The lowest BCUT2D eigenvalue weighted by molar-refractivity contribution is -0.379. The van der Waals surface area contributed by atoms with E-state index in [0.29, 0.717) is 12.8 Å². The number of allylic oxidation sites excluding steroid dienone is 9. The highest BCUT2D eigenvalue weighted by Gasteiger charge is 2.53. The van der Waals surface area contributed by atoms with E-state index in [1.807, 2.05) is 6.08 Å². The van der Waals surface area contributed by atoms with Crippen molar-refractivity contribution in [2.75, 3.05) is 26.4 Å². The Kier molecular flexibility index (Phi) is 45.3. The number of carbonyl (C=O) groups excluding carboxylic acids is 1. The van der Waals surface area contributed by atoms with Crippen molar-refractivity contribution in [2.24, 2.45) is 0 Å². The molecule has 0 radical (unpaired) electrons. The predicted octanol–water partition coefficient (Wildman–Crippen LogP) is 8.38. The van der Waals surface area contributed by atoms with Crippen LogP contribution in [0.3, 0.4) is 0 Å². The molecule has 0 saturated carbocycles.